The van der Waals surface area contributed by atoms with Gasteiger partial charge in [-0.25, -0.2) is 13.4 Å². The number of nitrogens with zero attached hydrogens (tertiary/aromatic N) is 1. The number of aromatic nitrogens is 1. The van der Waals surface area contributed by atoms with Crippen LogP contribution in [-0.2, 0) is 9.84 Å². The summed E-state index contributed by atoms with van der Waals surface area (Å²) in [6.45, 7) is 0. The first-order valence-electron chi connectivity index (χ1n) is 5.06. The van der Waals surface area contributed by atoms with Gasteiger partial charge in [0.1, 0.15) is 5.75 Å². The van der Waals surface area contributed by atoms with E-state index in [1.165, 1.54) is 6.07 Å². The van der Waals surface area contributed by atoms with Crippen LogP contribution in [0.2, 0.25) is 0 Å². The van der Waals surface area contributed by atoms with Gasteiger partial charge in [0, 0.05) is 16.8 Å². The van der Waals surface area contributed by atoms with Crippen molar-refractivity contribution in [1.82, 2.24) is 4.98 Å². The quantitative estimate of drug-likeness (QED) is 0.869. The highest BCUT2D eigenvalue weighted by molar-refractivity contribution is 9.10. The first-order chi connectivity index (χ1) is 8.45. The Kier molecular flexibility index (Phi) is 3.68. The Labute approximate surface area is 114 Å². The maximum absolute atomic E-state index is 11.4. The van der Waals surface area contributed by atoms with Crippen molar-refractivity contribution in [3.63, 3.8) is 0 Å². The molecule has 94 valence electrons. The predicted octanol–water partition coefficient (Wildman–Crippen LogP) is 3.04. The molecule has 0 aliphatic rings. The van der Waals surface area contributed by atoms with E-state index in [-0.39, 0.29) is 10.9 Å². The van der Waals surface area contributed by atoms with E-state index >= 15 is 0 Å². The molecule has 2 aromatic rings. The normalized spacial score (nSPS) is 11.2. The van der Waals surface area contributed by atoms with Gasteiger partial charge >= 0.3 is 0 Å². The van der Waals surface area contributed by atoms with Crippen molar-refractivity contribution in [3.05, 3.63) is 46.9 Å². The molecule has 0 amide bonds. The summed E-state index contributed by atoms with van der Waals surface area (Å²) in [6.07, 6.45) is 1.11. The summed E-state index contributed by atoms with van der Waals surface area (Å²) in [5, 5.41) is -0.00267. The summed E-state index contributed by atoms with van der Waals surface area (Å²) < 4.78 is 29.1. The number of hydrogen-bond acceptors (Lipinski definition) is 4. The molecule has 0 aliphatic carbocycles. The Bertz CT molecular complexity index is 653. The van der Waals surface area contributed by atoms with Crippen molar-refractivity contribution < 1.29 is 13.2 Å². The molecule has 1 aromatic heterocycles. The minimum absolute atomic E-state index is 0.00267. The van der Waals surface area contributed by atoms with Gasteiger partial charge in [0.25, 0.3) is 0 Å². The van der Waals surface area contributed by atoms with Gasteiger partial charge in [-0.15, -0.1) is 0 Å². The highest BCUT2D eigenvalue weighted by Gasteiger charge is 2.10. The lowest BCUT2D eigenvalue weighted by Gasteiger charge is -2.05. The van der Waals surface area contributed by atoms with Crippen molar-refractivity contribution in [2.45, 2.75) is 5.03 Å². The molecule has 0 bridgehead atoms. The van der Waals surface area contributed by atoms with E-state index in [2.05, 4.69) is 20.9 Å². The van der Waals surface area contributed by atoms with Crippen LogP contribution in [0.5, 0.6) is 11.6 Å². The predicted molar refractivity (Wildman–Crippen MR) is 71.6 cm³/mol. The zero-order chi connectivity index (χ0) is 13.2. The monoisotopic (exact) mass is 327 g/mol. The summed E-state index contributed by atoms with van der Waals surface area (Å²) in [7, 11) is -3.32. The van der Waals surface area contributed by atoms with Crippen LogP contribution < -0.4 is 4.74 Å². The third-order valence-electron chi connectivity index (χ3n) is 2.11. The second kappa shape index (κ2) is 5.07. The fourth-order valence-electron chi connectivity index (χ4n) is 1.28. The van der Waals surface area contributed by atoms with Crippen molar-refractivity contribution in [2.24, 2.45) is 0 Å². The molecule has 1 aromatic carbocycles. The highest BCUT2D eigenvalue weighted by Crippen LogP contribution is 2.22. The molecule has 0 radical (unpaired) electrons. The average Bonchev–Trinajstić information content (AvgIpc) is 2.31. The van der Waals surface area contributed by atoms with Crippen LogP contribution >= 0.6 is 15.9 Å². The van der Waals surface area contributed by atoms with E-state index in [4.69, 9.17) is 4.74 Å². The maximum atomic E-state index is 11.4. The molecule has 6 heteroatoms. The van der Waals surface area contributed by atoms with Gasteiger partial charge in [-0.2, -0.15) is 0 Å². The van der Waals surface area contributed by atoms with Crippen molar-refractivity contribution in [3.8, 4) is 11.6 Å². The number of ether oxygens (including phenoxy) is 1. The fourth-order valence-corrected chi connectivity index (χ4v) is 2.13. The minimum atomic E-state index is -3.32. The summed E-state index contributed by atoms with van der Waals surface area (Å²) in [6, 6.07) is 11.8. The topological polar surface area (TPSA) is 56.3 Å². The molecule has 0 spiro atoms. The lowest BCUT2D eigenvalue weighted by atomic mass is 10.3. The van der Waals surface area contributed by atoms with Gasteiger partial charge in [-0.05, 0) is 30.3 Å². The smallest absolute Gasteiger partial charge is 0.220 e. The number of benzene rings is 1. The fraction of sp³-hybridized carbons (Fsp3) is 0.0833. The number of rotatable bonds is 3. The summed E-state index contributed by atoms with van der Waals surface area (Å²) in [4.78, 5) is 3.94. The number of pyridine rings is 1. The van der Waals surface area contributed by atoms with E-state index in [9.17, 15) is 8.42 Å². The van der Waals surface area contributed by atoms with Gasteiger partial charge in [0.15, 0.2) is 14.9 Å². The van der Waals surface area contributed by atoms with Gasteiger partial charge in [-0.3, -0.25) is 0 Å². The third-order valence-corrected chi connectivity index (χ3v) is 3.63. The Morgan fingerprint density at radius 2 is 1.78 bits per heavy atom. The van der Waals surface area contributed by atoms with Crippen LogP contribution in [0.15, 0.2) is 52.0 Å². The van der Waals surface area contributed by atoms with Crippen LogP contribution in [0.1, 0.15) is 0 Å². The van der Waals surface area contributed by atoms with E-state index in [0.717, 1.165) is 10.7 Å². The van der Waals surface area contributed by atoms with E-state index in [1.807, 2.05) is 12.1 Å². The van der Waals surface area contributed by atoms with E-state index < -0.39 is 9.84 Å². The van der Waals surface area contributed by atoms with Gasteiger partial charge in [0.05, 0.1) is 0 Å². The molecule has 2 rings (SSSR count). The second-order valence-electron chi connectivity index (χ2n) is 3.64. The zero-order valence-electron chi connectivity index (χ0n) is 9.50. The lowest BCUT2D eigenvalue weighted by molar-refractivity contribution is 0.457. The van der Waals surface area contributed by atoms with Crippen LogP contribution in [0.25, 0.3) is 0 Å². The molecule has 4 nitrogen and oxygen atoms in total. The van der Waals surface area contributed by atoms with Crippen molar-refractivity contribution in [2.75, 3.05) is 6.26 Å². The summed E-state index contributed by atoms with van der Waals surface area (Å²) in [5.74, 6) is 0.844. The summed E-state index contributed by atoms with van der Waals surface area (Å²) >= 11 is 3.32. The molecule has 0 aliphatic heterocycles. The standard InChI is InChI=1S/C12H10BrNO3S/c1-18(15,16)12-4-2-3-11(14-12)17-10-7-5-9(13)6-8-10/h2-8H,1H3. The lowest BCUT2D eigenvalue weighted by Crippen LogP contribution is -2.01. The molecule has 0 atom stereocenters. The molecule has 0 fully saturated rings. The van der Waals surface area contributed by atoms with Crippen LogP contribution in [0.3, 0.4) is 0 Å². The van der Waals surface area contributed by atoms with Crippen molar-refractivity contribution in [1.29, 1.82) is 0 Å². The van der Waals surface area contributed by atoms with E-state index in [1.54, 1.807) is 24.3 Å². The Morgan fingerprint density at radius 1 is 1.11 bits per heavy atom. The first-order valence-corrected chi connectivity index (χ1v) is 7.74. The third kappa shape index (κ3) is 3.30. The second-order valence-corrected chi connectivity index (χ2v) is 6.52. The largest absolute Gasteiger partial charge is 0.439 e. The van der Waals surface area contributed by atoms with E-state index in [0.29, 0.717) is 5.75 Å². The van der Waals surface area contributed by atoms with Crippen molar-refractivity contribution >= 4 is 25.8 Å². The SMILES string of the molecule is CS(=O)(=O)c1cccc(Oc2ccc(Br)cc2)n1. The number of halogens is 1. The number of sulfone groups is 1. The highest BCUT2D eigenvalue weighted by atomic mass is 79.9. The molecular weight excluding hydrogens is 318 g/mol. The van der Waals surface area contributed by atoms with Crippen LogP contribution in [0, 0.1) is 0 Å². The molecular formula is C12H10BrNO3S. The van der Waals surface area contributed by atoms with Gasteiger partial charge in [-0.1, -0.05) is 22.0 Å². The molecule has 18 heavy (non-hydrogen) atoms. The molecule has 0 saturated carbocycles. The zero-order valence-corrected chi connectivity index (χ0v) is 11.9. The van der Waals surface area contributed by atoms with Crippen LogP contribution in [0.4, 0.5) is 0 Å². The Hall–Kier alpha value is -1.40. The van der Waals surface area contributed by atoms with Crippen LogP contribution in [-0.4, -0.2) is 19.7 Å². The minimum Gasteiger partial charge on any atom is -0.439 e. The Morgan fingerprint density at radius 3 is 2.39 bits per heavy atom. The number of hydrogen-bond donors (Lipinski definition) is 0. The van der Waals surface area contributed by atoms with Gasteiger partial charge in [0.2, 0.25) is 5.88 Å². The average molecular weight is 328 g/mol. The molecule has 0 N–H and O–H groups in total. The molecule has 0 unspecified atom stereocenters. The molecule has 0 saturated heterocycles. The molecule has 1 heterocycles. The maximum Gasteiger partial charge on any atom is 0.220 e. The Balaban J connectivity index is 2.27. The summed E-state index contributed by atoms with van der Waals surface area (Å²) in [5.41, 5.74) is 0. The first kappa shape index (κ1) is 13.0. The van der Waals surface area contributed by atoms with Gasteiger partial charge < -0.3 is 4.74 Å².